The highest BCUT2D eigenvalue weighted by molar-refractivity contribution is 7.89. The van der Waals surface area contributed by atoms with E-state index < -0.39 is 80.2 Å². The Bertz CT molecular complexity index is 2340. The van der Waals surface area contributed by atoms with Crippen molar-refractivity contribution in [2.75, 3.05) is 32.6 Å². The van der Waals surface area contributed by atoms with Crippen molar-refractivity contribution < 1.29 is 42.2 Å². The zero-order valence-electron chi connectivity index (χ0n) is 38.3. The Morgan fingerprint density at radius 3 is 2.38 bits per heavy atom. The van der Waals surface area contributed by atoms with Gasteiger partial charge < -0.3 is 40.7 Å². The normalized spacial score (nSPS) is 22.4. The van der Waals surface area contributed by atoms with Crippen molar-refractivity contribution in [1.82, 2.24) is 35.1 Å². The number of benzene rings is 1. The monoisotopic (exact) mass is 924 g/mol. The van der Waals surface area contributed by atoms with E-state index in [-0.39, 0.29) is 37.9 Å². The maximum atomic E-state index is 15.1. The fraction of sp³-hybridized carbons (Fsp3) is 0.600. The molecule has 3 fully saturated rings. The number of aromatic nitrogens is 2. The summed E-state index contributed by atoms with van der Waals surface area (Å²) in [5, 5.41) is 24.8. The largest absolute Gasteiger partial charge is 0.497 e. The third-order valence-corrected chi connectivity index (χ3v) is 15.6. The minimum atomic E-state index is -3.63. The molecule has 1 aliphatic heterocycles. The van der Waals surface area contributed by atoms with Gasteiger partial charge in [0.15, 0.2) is 5.13 Å². The Morgan fingerprint density at radius 1 is 1.08 bits per heavy atom. The number of carbonyl (C=O) groups is 4. The number of nitrogens with zero attached hydrogens (tertiary/aromatic N) is 4. The quantitative estimate of drug-likeness (QED) is 0.0982. The van der Waals surface area contributed by atoms with E-state index >= 15 is 4.79 Å². The van der Waals surface area contributed by atoms with Gasteiger partial charge in [0.25, 0.3) is 0 Å². The molecule has 19 heteroatoms. The standard InChI is InChI=1S/C45H64N8O9S2/c1-11-28-21-45(28,41(56)57)51-39(54)35-19-30(62-36-20-33(34-24-63-43(48-34)46-25(2)3)47-32-18-29(61-10)16-17-31(32)36)22-53(35)40(55)38(27-14-12-13-15-27)50-42(58)49-37(44(6,7)8)23-52(9)64(59,60)26(4)5/h11,16-18,20,24-28,30,35,37-38H,1,12-15,19,21-23H2,2-10H3,(H,46,48)(H,51,54)(H,56,57)(H2,49,50,58)/t28?,30-,35+,37-,38+,45-/m1/s1. The van der Waals surface area contributed by atoms with Crippen molar-refractivity contribution >= 4 is 61.2 Å². The number of likely N-dealkylation sites (tertiary alicyclic amines) is 1. The van der Waals surface area contributed by atoms with Crippen molar-refractivity contribution in [3.63, 3.8) is 0 Å². The smallest absolute Gasteiger partial charge is 0.330 e. The first-order valence-corrected chi connectivity index (χ1v) is 24.3. The lowest BCUT2D eigenvalue weighted by Crippen LogP contribution is -2.60. The Morgan fingerprint density at radius 2 is 1.78 bits per heavy atom. The van der Waals surface area contributed by atoms with Crippen LogP contribution in [0.3, 0.4) is 0 Å². The Kier molecular flexibility index (Phi) is 14.5. The van der Waals surface area contributed by atoms with Crippen LogP contribution in [0.15, 0.2) is 42.3 Å². The zero-order chi connectivity index (χ0) is 46.9. The molecule has 5 N–H and O–H groups in total. The number of ether oxygens (including phenoxy) is 2. The van der Waals surface area contributed by atoms with Crippen LogP contribution in [0.5, 0.6) is 11.5 Å². The van der Waals surface area contributed by atoms with Gasteiger partial charge in [0.1, 0.15) is 40.9 Å². The third kappa shape index (κ3) is 10.6. The summed E-state index contributed by atoms with van der Waals surface area (Å²) < 4.78 is 39.6. The molecule has 6 atom stereocenters. The number of methoxy groups -OCH3 is 1. The number of rotatable bonds is 18. The fourth-order valence-electron chi connectivity index (χ4n) is 8.56. The van der Waals surface area contributed by atoms with Gasteiger partial charge in [0.2, 0.25) is 21.8 Å². The van der Waals surface area contributed by atoms with Crippen LogP contribution in [0.4, 0.5) is 9.93 Å². The number of nitrogens with one attached hydrogen (secondary N) is 4. The molecule has 0 radical (unpaired) electrons. The van der Waals surface area contributed by atoms with Crippen LogP contribution >= 0.6 is 11.3 Å². The van der Waals surface area contributed by atoms with Crippen molar-refractivity contribution in [3.8, 4) is 22.9 Å². The number of carboxylic acid groups (broad SMARTS) is 1. The molecule has 1 aromatic carbocycles. The number of pyridine rings is 1. The summed E-state index contributed by atoms with van der Waals surface area (Å²) in [6.07, 6.45) is 3.94. The highest BCUT2D eigenvalue weighted by Crippen LogP contribution is 2.45. The van der Waals surface area contributed by atoms with Gasteiger partial charge in [-0.1, -0.05) is 39.7 Å². The minimum Gasteiger partial charge on any atom is -0.497 e. The molecule has 1 unspecified atom stereocenters. The molecule has 4 amide bonds. The number of urea groups is 1. The van der Waals surface area contributed by atoms with Gasteiger partial charge in [0, 0.05) is 60.9 Å². The van der Waals surface area contributed by atoms with Gasteiger partial charge in [-0.2, -0.15) is 0 Å². The lowest BCUT2D eigenvalue weighted by Gasteiger charge is -2.36. The number of thiazole rings is 1. The van der Waals surface area contributed by atoms with Crippen molar-refractivity contribution in [2.45, 2.75) is 128 Å². The van der Waals surface area contributed by atoms with E-state index in [1.165, 1.54) is 33.7 Å². The van der Waals surface area contributed by atoms with Gasteiger partial charge >= 0.3 is 12.0 Å². The van der Waals surface area contributed by atoms with Gasteiger partial charge in [-0.25, -0.2) is 32.3 Å². The van der Waals surface area contributed by atoms with Crippen LogP contribution in [0.2, 0.25) is 0 Å². The summed E-state index contributed by atoms with van der Waals surface area (Å²) in [6, 6.07) is 3.86. The second kappa shape index (κ2) is 19.2. The lowest BCUT2D eigenvalue weighted by molar-refractivity contribution is -0.146. The second-order valence-corrected chi connectivity index (χ2v) is 22.4. The SMILES string of the molecule is C=CC1C[C@]1(NC(=O)[C@@H]1C[C@@H](Oc2cc(-c3csc(NC(C)C)n3)nc3cc(OC)ccc23)CN1C(=O)[C@@H](NC(=O)N[C@H](CN(C)S(=O)(=O)C(C)C)C(C)(C)C)C1CCCC1)C(=O)O. The number of amides is 4. The van der Waals surface area contributed by atoms with E-state index in [2.05, 4.69) is 27.8 Å². The Labute approximate surface area is 380 Å². The van der Waals surface area contributed by atoms with Crippen LogP contribution in [0, 0.1) is 17.3 Å². The second-order valence-electron chi connectivity index (χ2n) is 19.0. The molecule has 1 saturated heterocycles. The summed E-state index contributed by atoms with van der Waals surface area (Å²) in [6.45, 7) is 16.6. The van der Waals surface area contributed by atoms with Gasteiger partial charge in [-0.05, 0) is 70.4 Å². The van der Waals surface area contributed by atoms with Crippen LogP contribution < -0.4 is 30.7 Å². The molecule has 6 rings (SSSR count). The first-order chi connectivity index (χ1) is 30.1. The van der Waals surface area contributed by atoms with E-state index in [0.717, 1.165) is 18.0 Å². The molecule has 2 aromatic heterocycles. The van der Waals surface area contributed by atoms with Gasteiger partial charge in [-0.3, -0.25) is 9.59 Å². The molecule has 3 aliphatic rings. The number of carboxylic acids is 1. The van der Waals surface area contributed by atoms with Crippen molar-refractivity contribution in [3.05, 3.63) is 42.3 Å². The molecule has 0 bridgehead atoms. The molecule has 0 spiro atoms. The molecular weight excluding hydrogens is 861 g/mol. The zero-order valence-corrected chi connectivity index (χ0v) is 39.9. The lowest BCUT2D eigenvalue weighted by atomic mass is 9.86. The van der Waals surface area contributed by atoms with Crippen LogP contribution in [0.1, 0.15) is 87.0 Å². The molecule has 3 heterocycles. The summed E-state index contributed by atoms with van der Waals surface area (Å²) >= 11 is 1.45. The van der Waals surface area contributed by atoms with E-state index in [1.54, 1.807) is 39.2 Å². The van der Waals surface area contributed by atoms with Crippen molar-refractivity contribution in [2.24, 2.45) is 17.3 Å². The molecule has 3 aromatic rings. The number of hydrogen-bond donors (Lipinski definition) is 5. The number of sulfonamides is 1. The predicted molar refractivity (Wildman–Crippen MR) is 247 cm³/mol. The van der Waals surface area contributed by atoms with Crippen molar-refractivity contribution in [1.29, 1.82) is 0 Å². The summed E-state index contributed by atoms with van der Waals surface area (Å²) in [7, 11) is -0.585. The van der Waals surface area contributed by atoms with E-state index in [9.17, 15) is 27.9 Å². The van der Waals surface area contributed by atoms with E-state index in [1.807, 2.05) is 46.1 Å². The molecule has 17 nitrogen and oxygen atoms in total. The molecule has 350 valence electrons. The Hall–Kier alpha value is -5.01. The number of fused-ring (bicyclic) bond motifs is 1. The van der Waals surface area contributed by atoms with Crippen LogP contribution in [0.25, 0.3) is 22.3 Å². The first-order valence-electron chi connectivity index (χ1n) is 22.0. The number of likely N-dealkylation sites (N-methyl/N-ethyl adjacent to an activating group) is 1. The molecule has 64 heavy (non-hydrogen) atoms. The van der Waals surface area contributed by atoms with E-state index in [4.69, 9.17) is 19.4 Å². The topological polar surface area (TPSA) is 221 Å². The average Bonchev–Trinajstić information content (AvgIpc) is 3.66. The number of carbonyl (C=O) groups excluding carboxylic acids is 3. The summed E-state index contributed by atoms with van der Waals surface area (Å²) in [5.41, 5.74) is -0.401. The molecule has 2 aliphatic carbocycles. The van der Waals surface area contributed by atoms with Gasteiger partial charge in [0.05, 0.1) is 30.1 Å². The highest BCUT2D eigenvalue weighted by Gasteiger charge is 2.61. The maximum absolute atomic E-state index is 15.1. The summed E-state index contributed by atoms with van der Waals surface area (Å²) in [5.74, 6) is -2.08. The van der Waals surface area contributed by atoms with Crippen LogP contribution in [-0.2, 0) is 24.4 Å². The number of aliphatic carboxylic acids is 1. The minimum absolute atomic E-state index is 0.000542. The third-order valence-electron chi connectivity index (χ3n) is 12.6. The number of hydrogen-bond acceptors (Lipinski definition) is 12. The van der Waals surface area contributed by atoms with Crippen LogP contribution in [-0.4, -0.2) is 125 Å². The molecule has 2 saturated carbocycles. The van der Waals surface area contributed by atoms with Gasteiger partial charge in [-0.15, -0.1) is 17.9 Å². The summed E-state index contributed by atoms with van der Waals surface area (Å²) in [4.78, 5) is 67.1. The first kappa shape index (κ1) is 48.4. The molecular formula is C45H64N8O9S2. The maximum Gasteiger partial charge on any atom is 0.330 e. The number of anilines is 1. The van der Waals surface area contributed by atoms with E-state index in [0.29, 0.717) is 46.6 Å². The fourth-order valence-corrected chi connectivity index (χ4v) is 10.5. The Balaban J connectivity index is 1.32. The predicted octanol–water partition coefficient (Wildman–Crippen LogP) is 5.62. The average molecular weight is 925 g/mol. The highest BCUT2D eigenvalue weighted by atomic mass is 32.2.